The molecule has 0 amide bonds. The summed E-state index contributed by atoms with van der Waals surface area (Å²) in [6.07, 6.45) is 4.49. The van der Waals surface area contributed by atoms with Crippen LogP contribution >= 0.6 is 0 Å². The molecule has 2 bridgehead atoms. The fraction of sp³-hybridized carbons (Fsp3) is 0.846. The van der Waals surface area contributed by atoms with Crippen molar-refractivity contribution in [2.24, 2.45) is 29.6 Å². The third kappa shape index (κ3) is 1.20. The second-order valence-corrected chi connectivity index (χ2v) is 5.38. The minimum Gasteiger partial charge on any atom is -0.465 e. The summed E-state index contributed by atoms with van der Waals surface area (Å²) in [5, 5.41) is 0. The molecular formula is C13H18O3. The Labute approximate surface area is 95.5 Å². The maximum absolute atomic E-state index is 12.2. The lowest BCUT2D eigenvalue weighted by atomic mass is 9.47. The minimum absolute atomic E-state index is 0.179. The van der Waals surface area contributed by atoms with Crippen molar-refractivity contribution in [2.45, 2.75) is 32.6 Å². The van der Waals surface area contributed by atoms with E-state index in [0.29, 0.717) is 24.4 Å². The van der Waals surface area contributed by atoms with E-state index in [2.05, 4.69) is 0 Å². The van der Waals surface area contributed by atoms with Crippen molar-refractivity contribution >= 4 is 11.8 Å². The average Bonchev–Trinajstić information content (AvgIpc) is 2.19. The molecule has 0 N–H and O–H groups in total. The van der Waals surface area contributed by atoms with Crippen molar-refractivity contribution in [1.82, 2.24) is 0 Å². The number of hydrogen-bond acceptors (Lipinski definition) is 3. The lowest BCUT2D eigenvalue weighted by Crippen LogP contribution is -2.57. The number of carbonyl (C=O) groups is 2. The fourth-order valence-corrected chi connectivity index (χ4v) is 4.11. The van der Waals surface area contributed by atoms with Crippen LogP contribution in [0.5, 0.6) is 0 Å². The van der Waals surface area contributed by atoms with Gasteiger partial charge in [-0.2, -0.15) is 0 Å². The first kappa shape index (κ1) is 10.3. The highest BCUT2D eigenvalue weighted by Gasteiger charge is 2.59. The first-order valence-electron chi connectivity index (χ1n) is 6.44. The average molecular weight is 222 g/mol. The first-order valence-corrected chi connectivity index (χ1v) is 6.44. The number of hydrogen-bond donors (Lipinski definition) is 0. The number of esters is 1. The minimum atomic E-state index is -0.416. The zero-order chi connectivity index (χ0) is 11.3. The summed E-state index contributed by atoms with van der Waals surface area (Å²) in [7, 11) is 0. The van der Waals surface area contributed by atoms with Gasteiger partial charge in [0.25, 0.3) is 0 Å². The number of Topliss-reactive ketones (excluding diaryl/α,β-unsaturated/α-hetero) is 1. The summed E-state index contributed by atoms with van der Waals surface area (Å²) in [6.45, 7) is 2.18. The third-order valence-electron chi connectivity index (χ3n) is 4.90. The van der Waals surface area contributed by atoms with Gasteiger partial charge in [0, 0.05) is 5.92 Å². The molecular weight excluding hydrogens is 204 g/mol. The summed E-state index contributed by atoms with van der Waals surface area (Å²) in [4.78, 5) is 24.0. The van der Waals surface area contributed by atoms with E-state index < -0.39 is 5.92 Å². The predicted octanol–water partition coefficient (Wildman–Crippen LogP) is 1.80. The molecule has 0 aliphatic heterocycles. The topological polar surface area (TPSA) is 43.4 Å². The first-order chi connectivity index (χ1) is 7.74. The molecule has 4 saturated carbocycles. The highest BCUT2D eigenvalue weighted by molar-refractivity contribution is 6.02. The quantitative estimate of drug-likeness (QED) is 0.528. The van der Waals surface area contributed by atoms with E-state index in [-0.39, 0.29) is 17.7 Å². The Bertz CT molecular complexity index is 336. The van der Waals surface area contributed by atoms with Crippen molar-refractivity contribution in [2.75, 3.05) is 6.61 Å². The second-order valence-electron chi connectivity index (χ2n) is 5.38. The molecule has 0 aromatic carbocycles. The highest BCUT2D eigenvalue weighted by atomic mass is 16.5. The molecule has 5 atom stereocenters. The van der Waals surface area contributed by atoms with Crippen molar-refractivity contribution in [3.63, 3.8) is 0 Å². The van der Waals surface area contributed by atoms with E-state index in [1.165, 1.54) is 12.8 Å². The molecule has 3 heteroatoms. The van der Waals surface area contributed by atoms with Gasteiger partial charge in [0.15, 0.2) is 5.78 Å². The zero-order valence-corrected chi connectivity index (χ0v) is 9.65. The van der Waals surface area contributed by atoms with Crippen LogP contribution in [-0.4, -0.2) is 18.4 Å². The van der Waals surface area contributed by atoms with Gasteiger partial charge < -0.3 is 4.74 Å². The zero-order valence-electron chi connectivity index (χ0n) is 9.65. The van der Waals surface area contributed by atoms with Crippen LogP contribution < -0.4 is 0 Å². The van der Waals surface area contributed by atoms with Gasteiger partial charge in [-0.25, -0.2) is 0 Å². The standard InChI is InChI=1S/C13H18O3/c1-2-16-13(15)11-9-5-6-10(12(11)14)8-4-3-7(8)9/h7-11H,2-6H2,1H3/t7-,8+,9-,10+,11?/m0/s1. The highest BCUT2D eigenvalue weighted by Crippen LogP contribution is 2.58. The monoisotopic (exact) mass is 222 g/mol. The summed E-state index contributed by atoms with van der Waals surface area (Å²) < 4.78 is 5.05. The molecule has 4 aliphatic carbocycles. The number of fused-ring (bicyclic) bond motifs is 2. The molecule has 0 spiro atoms. The van der Waals surface area contributed by atoms with Crippen molar-refractivity contribution in [3.05, 3.63) is 0 Å². The lowest BCUT2D eigenvalue weighted by Gasteiger charge is -2.56. The number of ether oxygens (including phenoxy) is 1. The molecule has 0 radical (unpaired) electrons. The maximum Gasteiger partial charge on any atom is 0.316 e. The second kappa shape index (κ2) is 3.57. The Balaban J connectivity index is 1.84. The molecule has 0 aromatic rings. The Kier molecular flexibility index (Phi) is 2.30. The third-order valence-corrected chi connectivity index (χ3v) is 4.90. The summed E-state index contributed by atoms with van der Waals surface area (Å²) >= 11 is 0. The SMILES string of the molecule is CCOC(=O)C1C(=O)[C@@H]2CC[C@H]1[C@H]1CC[C@H]12. The van der Waals surface area contributed by atoms with Crippen LogP contribution in [0, 0.1) is 29.6 Å². The summed E-state index contributed by atoms with van der Waals surface area (Å²) in [6, 6.07) is 0. The molecule has 3 nitrogen and oxygen atoms in total. The molecule has 4 aliphatic rings. The van der Waals surface area contributed by atoms with Gasteiger partial charge in [-0.05, 0) is 50.4 Å². The van der Waals surface area contributed by atoms with E-state index >= 15 is 0 Å². The predicted molar refractivity (Wildman–Crippen MR) is 57.6 cm³/mol. The van der Waals surface area contributed by atoms with Gasteiger partial charge in [0.05, 0.1) is 6.61 Å². The van der Waals surface area contributed by atoms with Crippen LogP contribution in [0.3, 0.4) is 0 Å². The molecule has 4 rings (SSSR count). The molecule has 16 heavy (non-hydrogen) atoms. The molecule has 0 heterocycles. The largest absolute Gasteiger partial charge is 0.465 e. The number of carbonyl (C=O) groups excluding carboxylic acids is 2. The van der Waals surface area contributed by atoms with Gasteiger partial charge >= 0.3 is 5.97 Å². The number of ketones is 1. The van der Waals surface area contributed by atoms with E-state index in [4.69, 9.17) is 4.74 Å². The Morgan fingerprint density at radius 1 is 1.19 bits per heavy atom. The maximum atomic E-state index is 12.2. The molecule has 88 valence electrons. The molecule has 4 fully saturated rings. The molecule has 0 aromatic heterocycles. The van der Waals surface area contributed by atoms with Crippen molar-refractivity contribution < 1.29 is 14.3 Å². The van der Waals surface area contributed by atoms with Crippen LogP contribution in [-0.2, 0) is 14.3 Å². The van der Waals surface area contributed by atoms with Crippen LogP contribution in [0.25, 0.3) is 0 Å². The number of rotatable bonds is 2. The fourth-order valence-electron chi connectivity index (χ4n) is 4.11. The van der Waals surface area contributed by atoms with E-state index in [0.717, 1.165) is 12.8 Å². The van der Waals surface area contributed by atoms with Crippen LogP contribution in [0.15, 0.2) is 0 Å². The van der Waals surface area contributed by atoms with Gasteiger partial charge in [0.2, 0.25) is 0 Å². The summed E-state index contributed by atoms with van der Waals surface area (Å²) in [5.41, 5.74) is 0. The van der Waals surface area contributed by atoms with Crippen molar-refractivity contribution in [1.29, 1.82) is 0 Å². The Morgan fingerprint density at radius 3 is 2.50 bits per heavy atom. The summed E-state index contributed by atoms with van der Waals surface area (Å²) in [5.74, 6) is 1.25. The molecule has 0 saturated heterocycles. The van der Waals surface area contributed by atoms with E-state index in [9.17, 15) is 9.59 Å². The lowest BCUT2D eigenvalue weighted by molar-refractivity contribution is -0.172. The van der Waals surface area contributed by atoms with Gasteiger partial charge in [-0.3, -0.25) is 9.59 Å². The van der Waals surface area contributed by atoms with E-state index in [1.807, 2.05) is 0 Å². The van der Waals surface area contributed by atoms with Crippen LogP contribution in [0.2, 0.25) is 0 Å². The Morgan fingerprint density at radius 2 is 1.88 bits per heavy atom. The Hall–Kier alpha value is -0.860. The van der Waals surface area contributed by atoms with Gasteiger partial charge in [-0.1, -0.05) is 0 Å². The van der Waals surface area contributed by atoms with E-state index in [1.54, 1.807) is 6.92 Å². The van der Waals surface area contributed by atoms with Gasteiger partial charge in [-0.15, -0.1) is 0 Å². The van der Waals surface area contributed by atoms with Crippen LogP contribution in [0.4, 0.5) is 0 Å². The molecule has 1 unspecified atom stereocenters. The van der Waals surface area contributed by atoms with Crippen molar-refractivity contribution in [3.8, 4) is 0 Å². The smallest absolute Gasteiger partial charge is 0.316 e. The van der Waals surface area contributed by atoms with Gasteiger partial charge in [0.1, 0.15) is 5.92 Å². The van der Waals surface area contributed by atoms with Crippen LogP contribution in [0.1, 0.15) is 32.6 Å². The normalized spacial score (nSPS) is 44.8.